The molecule has 0 atom stereocenters. The lowest BCUT2D eigenvalue weighted by Gasteiger charge is -2.12. The van der Waals surface area contributed by atoms with Crippen LogP contribution < -0.4 is 9.47 Å². The number of benzene rings is 3. The molecule has 0 fully saturated rings. The van der Waals surface area contributed by atoms with E-state index in [-0.39, 0.29) is 5.57 Å². The van der Waals surface area contributed by atoms with E-state index in [1.807, 2.05) is 78.9 Å². The Morgan fingerprint density at radius 3 is 1.89 bits per heavy atom. The molecule has 3 aromatic rings. The second-order valence-corrected chi connectivity index (χ2v) is 6.03. The zero-order valence-corrected chi connectivity index (χ0v) is 15.2. The van der Waals surface area contributed by atoms with E-state index in [0.29, 0.717) is 30.3 Å². The lowest BCUT2D eigenvalue weighted by Crippen LogP contribution is -1.99. The Bertz CT molecular complexity index is 1010. The molecule has 0 bridgehead atoms. The van der Waals surface area contributed by atoms with Crippen LogP contribution >= 0.6 is 0 Å². The molecule has 0 aliphatic heterocycles. The van der Waals surface area contributed by atoms with Crippen LogP contribution in [0.4, 0.5) is 0 Å². The third-order valence-corrected chi connectivity index (χ3v) is 4.01. The van der Waals surface area contributed by atoms with Crippen molar-refractivity contribution in [2.75, 3.05) is 0 Å². The smallest absolute Gasteiger partial charge is 0.130 e. The Balaban J connectivity index is 1.81. The first-order chi connectivity index (χ1) is 13.8. The molecule has 0 aliphatic carbocycles. The molecule has 0 aromatic heterocycles. The molecular formula is C24H18N2O2. The first-order valence-electron chi connectivity index (χ1n) is 8.78. The van der Waals surface area contributed by atoms with Gasteiger partial charge in [-0.25, -0.2) is 0 Å². The molecule has 0 amide bonds. The molecule has 28 heavy (non-hydrogen) atoms. The minimum atomic E-state index is 0.00442. The van der Waals surface area contributed by atoms with Gasteiger partial charge >= 0.3 is 0 Å². The number of nitriles is 2. The van der Waals surface area contributed by atoms with Crippen molar-refractivity contribution in [2.45, 2.75) is 13.2 Å². The third-order valence-electron chi connectivity index (χ3n) is 4.01. The number of hydrogen-bond donors (Lipinski definition) is 0. The van der Waals surface area contributed by atoms with Crippen molar-refractivity contribution in [3.8, 4) is 23.6 Å². The Kier molecular flexibility index (Phi) is 6.44. The van der Waals surface area contributed by atoms with Crippen LogP contribution in [0.2, 0.25) is 0 Å². The van der Waals surface area contributed by atoms with E-state index >= 15 is 0 Å². The Hall–Kier alpha value is -4.02. The monoisotopic (exact) mass is 366 g/mol. The summed E-state index contributed by atoms with van der Waals surface area (Å²) in [6.07, 6.45) is 1.51. The van der Waals surface area contributed by atoms with E-state index in [4.69, 9.17) is 20.0 Å². The highest BCUT2D eigenvalue weighted by Crippen LogP contribution is 2.28. The van der Waals surface area contributed by atoms with Gasteiger partial charge < -0.3 is 9.47 Å². The first kappa shape index (κ1) is 18.8. The fourth-order valence-electron chi connectivity index (χ4n) is 2.58. The second-order valence-electron chi connectivity index (χ2n) is 6.03. The van der Waals surface area contributed by atoms with Gasteiger partial charge in [0.15, 0.2) is 0 Å². The highest BCUT2D eigenvalue weighted by atomic mass is 16.5. The Morgan fingerprint density at radius 1 is 0.750 bits per heavy atom. The summed E-state index contributed by atoms with van der Waals surface area (Å²) in [6, 6.07) is 28.8. The van der Waals surface area contributed by atoms with Crippen molar-refractivity contribution < 1.29 is 9.47 Å². The van der Waals surface area contributed by atoms with Gasteiger partial charge in [-0.2, -0.15) is 10.5 Å². The molecule has 4 heteroatoms. The average Bonchev–Trinajstić information content (AvgIpc) is 2.76. The largest absolute Gasteiger partial charge is 0.489 e. The van der Waals surface area contributed by atoms with Gasteiger partial charge in [0, 0.05) is 5.56 Å². The van der Waals surface area contributed by atoms with Crippen LogP contribution in [0.5, 0.6) is 11.5 Å². The van der Waals surface area contributed by atoms with E-state index in [9.17, 15) is 0 Å². The lowest BCUT2D eigenvalue weighted by atomic mass is 10.1. The van der Waals surface area contributed by atoms with Gasteiger partial charge in [-0.1, -0.05) is 60.7 Å². The van der Waals surface area contributed by atoms with Crippen LogP contribution in [0, 0.1) is 22.7 Å². The van der Waals surface area contributed by atoms with Crippen molar-refractivity contribution in [2.24, 2.45) is 0 Å². The van der Waals surface area contributed by atoms with Crippen LogP contribution in [0.15, 0.2) is 84.4 Å². The van der Waals surface area contributed by atoms with Crippen molar-refractivity contribution in [3.63, 3.8) is 0 Å². The molecule has 0 saturated heterocycles. The van der Waals surface area contributed by atoms with E-state index < -0.39 is 0 Å². The summed E-state index contributed by atoms with van der Waals surface area (Å²) < 4.78 is 11.8. The van der Waals surface area contributed by atoms with Gasteiger partial charge in [-0.3, -0.25) is 0 Å². The quantitative estimate of drug-likeness (QED) is 0.534. The SMILES string of the molecule is N#CC(C#N)=Cc1cc(OCc2ccccc2)ccc1OCc1ccccc1. The highest BCUT2D eigenvalue weighted by Gasteiger charge is 2.07. The summed E-state index contributed by atoms with van der Waals surface area (Å²) in [4.78, 5) is 0. The van der Waals surface area contributed by atoms with Gasteiger partial charge in [0.05, 0.1) is 0 Å². The normalized spacial score (nSPS) is 9.64. The summed E-state index contributed by atoms with van der Waals surface area (Å²) in [5, 5.41) is 18.2. The molecule has 136 valence electrons. The van der Waals surface area contributed by atoms with Gasteiger partial charge in [-0.05, 0) is 35.4 Å². The molecule has 0 heterocycles. The minimum absolute atomic E-state index is 0.00442. The first-order valence-corrected chi connectivity index (χ1v) is 8.78. The zero-order chi connectivity index (χ0) is 19.6. The Labute approximate surface area is 164 Å². The maximum atomic E-state index is 9.09. The van der Waals surface area contributed by atoms with Crippen LogP contribution in [-0.4, -0.2) is 0 Å². The number of rotatable bonds is 7. The molecular weight excluding hydrogens is 348 g/mol. The van der Waals surface area contributed by atoms with E-state index in [1.54, 1.807) is 12.1 Å². The van der Waals surface area contributed by atoms with Gasteiger partial charge in [0.2, 0.25) is 0 Å². The number of hydrogen-bond acceptors (Lipinski definition) is 4. The minimum Gasteiger partial charge on any atom is -0.489 e. The number of ether oxygens (including phenoxy) is 2. The van der Waals surface area contributed by atoms with Crippen LogP contribution in [0.1, 0.15) is 16.7 Å². The van der Waals surface area contributed by atoms with Crippen LogP contribution in [0.3, 0.4) is 0 Å². The molecule has 0 spiro atoms. The summed E-state index contributed by atoms with van der Waals surface area (Å²) in [5.74, 6) is 1.22. The molecule has 0 saturated carbocycles. The third kappa shape index (κ3) is 5.24. The molecule has 3 aromatic carbocycles. The Morgan fingerprint density at radius 2 is 1.32 bits per heavy atom. The molecule has 0 N–H and O–H groups in total. The van der Waals surface area contributed by atoms with Crippen molar-refractivity contribution in [1.82, 2.24) is 0 Å². The topological polar surface area (TPSA) is 66.0 Å². The van der Waals surface area contributed by atoms with Gasteiger partial charge in [-0.15, -0.1) is 0 Å². The lowest BCUT2D eigenvalue weighted by molar-refractivity contribution is 0.297. The van der Waals surface area contributed by atoms with Crippen molar-refractivity contribution in [3.05, 3.63) is 101 Å². The summed E-state index contributed by atoms with van der Waals surface area (Å²) in [5.41, 5.74) is 2.71. The second kappa shape index (κ2) is 9.62. The van der Waals surface area contributed by atoms with Crippen molar-refractivity contribution in [1.29, 1.82) is 10.5 Å². The highest BCUT2D eigenvalue weighted by molar-refractivity contribution is 5.67. The predicted octanol–water partition coefficient (Wildman–Crippen LogP) is 5.28. The molecule has 0 aliphatic rings. The fourth-order valence-corrected chi connectivity index (χ4v) is 2.58. The summed E-state index contributed by atoms with van der Waals surface area (Å²) in [6.45, 7) is 0.817. The maximum absolute atomic E-state index is 9.09. The standard InChI is InChI=1S/C24H18N2O2/c25-15-21(16-26)13-22-14-23(27-17-19-7-3-1-4-8-19)11-12-24(22)28-18-20-9-5-2-6-10-20/h1-14H,17-18H2. The molecule has 3 rings (SSSR count). The van der Waals surface area contributed by atoms with E-state index in [1.165, 1.54) is 6.08 Å². The average molecular weight is 366 g/mol. The van der Waals surface area contributed by atoms with Crippen molar-refractivity contribution >= 4 is 6.08 Å². The van der Waals surface area contributed by atoms with E-state index in [2.05, 4.69) is 0 Å². The van der Waals surface area contributed by atoms with Gasteiger partial charge in [0.1, 0.15) is 42.4 Å². The van der Waals surface area contributed by atoms with E-state index in [0.717, 1.165) is 11.1 Å². The van der Waals surface area contributed by atoms with Crippen LogP contribution in [0.25, 0.3) is 6.08 Å². The summed E-state index contributed by atoms with van der Waals surface area (Å²) >= 11 is 0. The fraction of sp³-hybridized carbons (Fsp3) is 0.0833. The number of allylic oxidation sites excluding steroid dienone is 1. The zero-order valence-electron chi connectivity index (χ0n) is 15.2. The molecule has 0 radical (unpaired) electrons. The van der Waals surface area contributed by atoms with Crippen LogP contribution in [-0.2, 0) is 13.2 Å². The molecule has 0 unspecified atom stereocenters. The summed E-state index contributed by atoms with van der Waals surface area (Å²) in [7, 11) is 0. The predicted molar refractivity (Wildman–Crippen MR) is 107 cm³/mol. The maximum Gasteiger partial charge on any atom is 0.130 e. The van der Waals surface area contributed by atoms with Gasteiger partial charge in [0.25, 0.3) is 0 Å². The number of nitrogens with zero attached hydrogens (tertiary/aromatic N) is 2. The molecule has 4 nitrogen and oxygen atoms in total.